The van der Waals surface area contributed by atoms with E-state index in [4.69, 9.17) is 40.8 Å². The summed E-state index contributed by atoms with van der Waals surface area (Å²) >= 11 is 0. The maximum Gasteiger partial charge on any atom is 0.334 e. The van der Waals surface area contributed by atoms with Gasteiger partial charge in [-0.1, -0.05) is 50.6 Å². The molecule has 328 valence electrons. The number of hydrogen-bond donors (Lipinski definition) is 0. The minimum Gasteiger partial charge on any atom is -0.455 e. The van der Waals surface area contributed by atoms with Gasteiger partial charge >= 0.3 is 17.1 Å². The molecule has 2 rings (SSSR count). The number of rotatable bonds is 30. The summed E-state index contributed by atoms with van der Waals surface area (Å²) < 4.78 is 53.3. The van der Waals surface area contributed by atoms with E-state index < -0.39 is 43.3 Å². The van der Waals surface area contributed by atoms with Crippen LogP contribution < -0.4 is 0 Å². The molecule has 2 saturated carbocycles. The van der Waals surface area contributed by atoms with Gasteiger partial charge in [0.2, 0.25) is 0 Å². The fourth-order valence-corrected chi connectivity index (χ4v) is 25.1. The minimum absolute atomic E-state index is 0.0546. The second kappa shape index (κ2) is 26.3. The molecule has 0 aliphatic heterocycles. The Morgan fingerprint density at radius 1 is 0.436 bits per heavy atom. The predicted octanol–water partition coefficient (Wildman–Crippen LogP) is 8.88. The molecule has 2 aliphatic carbocycles. The molecule has 0 aromatic carbocycles. The molecule has 0 radical (unpaired) electrons. The average Bonchev–Trinajstić information content (AvgIpc) is 3.18. The van der Waals surface area contributed by atoms with Crippen LogP contribution in [0.4, 0.5) is 0 Å². The SMILES string of the molecule is COC(OC)[SiH2]CCC1CCC(CC[SiH2]C(OC)OC)C(CC[Si](C)(C)O[Si](C)(C)CCC2CCC(CC[Si](C)(OC)OC)CC2CC[Si](C)(OC)OC)C1. The van der Waals surface area contributed by atoms with Crippen LogP contribution in [-0.4, -0.2) is 122 Å². The third-order valence-corrected chi connectivity index (χ3v) is 31.3. The Bertz CT molecular complexity index is 998. The Morgan fingerprint density at radius 2 is 0.800 bits per heavy atom. The molecule has 0 N–H and O–H groups in total. The standard InChI is InChI=1S/C40H90O9Si6/c1-41-39(42-2)50-25-19-33-15-17-35(20-26-51-40(43-3)44-4)37(31-33)23-28-53(11,12)49-52(9,10)27-22-36-18-16-34(21-29-54(13,45-5)46-6)32-38(36)24-30-55(14,47-7)48-8/h33-40H,15-32,50-51H2,1-14H3. The Balaban J connectivity index is 2.04. The van der Waals surface area contributed by atoms with Crippen molar-refractivity contribution in [2.75, 3.05) is 56.9 Å². The third kappa shape index (κ3) is 19.5. The summed E-state index contributed by atoms with van der Waals surface area (Å²) in [5, 5.41) is 0. The maximum atomic E-state index is 7.41. The first-order chi connectivity index (χ1) is 26.0. The highest BCUT2D eigenvalue weighted by molar-refractivity contribution is 6.84. The number of methoxy groups -OCH3 is 4. The first-order valence-electron chi connectivity index (χ1n) is 22.0. The molecule has 2 aliphatic rings. The van der Waals surface area contributed by atoms with Crippen LogP contribution in [0.3, 0.4) is 0 Å². The fourth-order valence-electron chi connectivity index (χ4n) is 10.0. The van der Waals surface area contributed by atoms with Crippen molar-refractivity contribution in [3.8, 4) is 0 Å². The van der Waals surface area contributed by atoms with Gasteiger partial charge in [-0.05, 0) is 137 Å². The second-order valence-electron chi connectivity index (χ2n) is 18.9. The van der Waals surface area contributed by atoms with Gasteiger partial charge in [-0.2, -0.15) is 0 Å². The zero-order valence-corrected chi connectivity index (χ0v) is 45.3. The second-order valence-corrected chi connectivity index (χ2v) is 38.8. The Labute approximate surface area is 348 Å². The fraction of sp³-hybridized carbons (Fsp3) is 1.00. The molecular weight excluding hydrogens is 793 g/mol. The number of ether oxygens (including phenoxy) is 4. The van der Waals surface area contributed by atoms with Gasteiger partial charge in [0.25, 0.3) is 0 Å². The van der Waals surface area contributed by atoms with E-state index in [0.717, 1.165) is 47.6 Å². The van der Waals surface area contributed by atoms with Gasteiger partial charge in [0.15, 0.2) is 16.6 Å². The summed E-state index contributed by atoms with van der Waals surface area (Å²) in [5.41, 5.74) is 0. The highest BCUT2D eigenvalue weighted by Gasteiger charge is 2.40. The molecule has 0 aromatic rings. The quantitative estimate of drug-likeness (QED) is 0.0519. The van der Waals surface area contributed by atoms with Crippen molar-refractivity contribution < 1.29 is 40.8 Å². The van der Waals surface area contributed by atoms with Crippen molar-refractivity contribution in [1.29, 1.82) is 0 Å². The van der Waals surface area contributed by atoms with Gasteiger partial charge in [0.1, 0.15) is 11.8 Å². The lowest BCUT2D eigenvalue weighted by Gasteiger charge is -2.41. The van der Waals surface area contributed by atoms with Crippen LogP contribution in [0, 0.1) is 35.5 Å². The molecule has 0 saturated heterocycles. The van der Waals surface area contributed by atoms with Crippen molar-refractivity contribution in [3.63, 3.8) is 0 Å². The van der Waals surface area contributed by atoms with Gasteiger partial charge in [-0.25, -0.2) is 0 Å². The average molecular weight is 884 g/mol. The molecule has 0 heterocycles. The normalized spacial score (nSPS) is 25.1. The molecule has 0 spiro atoms. The molecular formula is C40H90O9Si6. The summed E-state index contributed by atoms with van der Waals surface area (Å²) in [6.07, 6.45) is 15.9. The van der Waals surface area contributed by atoms with Gasteiger partial charge in [-0.15, -0.1) is 0 Å². The summed E-state index contributed by atoms with van der Waals surface area (Å²) in [7, 11) is 5.92. The van der Waals surface area contributed by atoms with Crippen molar-refractivity contribution in [2.45, 2.75) is 164 Å². The lowest BCUT2D eigenvalue weighted by atomic mass is 9.71. The maximum absolute atomic E-state index is 7.41. The van der Waals surface area contributed by atoms with E-state index in [9.17, 15) is 0 Å². The van der Waals surface area contributed by atoms with Crippen LogP contribution in [0.2, 0.25) is 75.5 Å². The predicted molar refractivity (Wildman–Crippen MR) is 245 cm³/mol. The van der Waals surface area contributed by atoms with Gasteiger partial charge in [0.05, 0.1) is 19.0 Å². The van der Waals surface area contributed by atoms with E-state index in [1.165, 1.54) is 101 Å². The lowest BCUT2D eigenvalue weighted by molar-refractivity contribution is -0.0444. The number of hydrogen-bond acceptors (Lipinski definition) is 9. The lowest BCUT2D eigenvalue weighted by Crippen LogP contribution is -2.45. The zero-order valence-electron chi connectivity index (χ0n) is 38.4. The van der Waals surface area contributed by atoms with E-state index in [1.807, 2.05) is 28.4 Å². The smallest absolute Gasteiger partial charge is 0.334 e. The van der Waals surface area contributed by atoms with Gasteiger partial charge in [0, 0.05) is 56.9 Å². The molecule has 6 unspecified atom stereocenters. The molecule has 55 heavy (non-hydrogen) atoms. The Morgan fingerprint density at radius 3 is 1.24 bits per heavy atom. The molecule has 6 atom stereocenters. The highest BCUT2D eigenvalue weighted by atomic mass is 28.4. The first kappa shape index (κ1) is 52.1. The third-order valence-electron chi connectivity index (χ3n) is 14.1. The molecule has 0 amide bonds. The Kier molecular flexibility index (Phi) is 24.9. The van der Waals surface area contributed by atoms with Crippen molar-refractivity contribution in [3.05, 3.63) is 0 Å². The topological polar surface area (TPSA) is 83.1 Å². The van der Waals surface area contributed by atoms with E-state index in [1.54, 1.807) is 28.4 Å². The summed E-state index contributed by atoms with van der Waals surface area (Å²) in [6.45, 7) is 14.5. The van der Waals surface area contributed by atoms with Crippen LogP contribution in [0.1, 0.15) is 77.0 Å². The molecule has 2 fully saturated rings. The largest absolute Gasteiger partial charge is 0.455 e. The Hall–Kier alpha value is 0.941. The van der Waals surface area contributed by atoms with E-state index >= 15 is 0 Å². The molecule has 15 heteroatoms. The summed E-state index contributed by atoms with van der Waals surface area (Å²) in [4.78, 5) is 0. The zero-order chi connectivity index (χ0) is 41.1. The van der Waals surface area contributed by atoms with Crippen LogP contribution in [0.15, 0.2) is 0 Å². The van der Waals surface area contributed by atoms with Crippen LogP contribution in [0.5, 0.6) is 0 Å². The van der Waals surface area contributed by atoms with Crippen LogP contribution in [0.25, 0.3) is 0 Å². The minimum atomic E-state index is -2.11. The van der Waals surface area contributed by atoms with E-state index in [2.05, 4.69) is 39.3 Å². The van der Waals surface area contributed by atoms with Crippen molar-refractivity contribution in [1.82, 2.24) is 0 Å². The molecule has 0 aromatic heterocycles. The van der Waals surface area contributed by atoms with Crippen LogP contribution >= 0.6 is 0 Å². The first-order valence-corrected chi connectivity index (χ1v) is 37.0. The molecule has 9 nitrogen and oxygen atoms in total. The molecule has 0 bridgehead atoms. The highest BCUT2D eigenvalue weighted by Crippen LogP contribution is 2.45. The van der Waals surface area contributed by atoms with Crippen molar-refractivity contribution in [2.24, 2.45) is 35.5 Å². The summed E-state index contributed by atoms with van der Waals surface area (Å²) in [5.74, 6) is 4.87. The van der Waals surface area contributed by atoms with E-state index in [-0.39, 0.29) is 21.3 Å². The van der Waals surface area contributed by atoms with Crippen molar-refractivity contribution >= 4 is 52.8 Å². The van der Waals surface area contributed by atoms with Gasteiger partial charge < -0.3 is 40.8 Å². The van der Waals surface area contributed by atoms with E-state index in [0.29, 0.717) is 0 Å². The van der Waals surface area contributed by atoms with Gasteiger partial charge in [-0.3, -0.25) is 0 Å². The van der Waals surface area contributed by atoms with Crippen LogP contribution in [-0.2, 0) is 40.8 Å². The monoisotopic (exact) mass is 883 g/mol. The summed E-state index contributed by atoms with van der Waals surface area (Å²) in [6, 6.07) is 7.33.